The first-order valence-corrected chi connectivity index (χ1v) is 7.20. The van der Waals surface area contributed by atoms with Crippen molar-refractivity contribution < 1.29 is 0 Å². The highest BCUT2D eigenvalue weighted by molar-refractivity contribution is 7.14. The van der Waals surface area contributed by atoms with Crippen LogP contribution in [0.3, 0.4) is 0 Å². The molecule has 2 heterocycles. The zero-order chi connectivity index (χ0) is 14.2. The molecule has 2 aromatic rings. The van der Waals surface area contributed by atoms with Crippen molar-refractivity contribution in [1.82, 2.24) is 9.55 Å². The molecule has 0 aliphatic rings. The molecule has 0 fully saturated rings. The molecule has 0 radical (unpaired) electrons. The quantitative estimate of drug-likeness (QED) is 0.937. The van der Waals surface area contributed by atoms with E-state index in [1.807, 2.05) is 44.7 Å². The first-order chi connectivity index (χ1) is 8.95. The second-order valence-electron chi connectivity index (χ2n) is 4.90. The molecule has 0 bridgehead atoms. The van der Waals surface area contributed by atoms with Crippen LogP contribution in [0, 0.1) is 13.8 Å². The van der Waals surface area contributed by atoms with Crippen LogP contribution in [0.5, 0.6) is 0 Å². The van der Waals surface area contributed by atoms with Crippen molar-refractivity contribution in [3.8, 4) is 11.3 Å². The minimum Gasteiger partial charge on any atom is -0.365 e. The van der Waals surface area contributed by atoms with E-state index in [-0.39, 0.29) is 11.6 Å². The minimum atomic E-state index is 0.0421. The Morgan fingerprint density at radius 3 is 2.58 bits per heavy atom. The van der Waals surface area contributed by atoms with E-state index in [1.54, 1.807) is 0 Å². The fraction of sp³-hybridized carbons (Fsp3) is 0.429. The van der Waals surface area contributed by atoms with Gasteiger partial charge in [0.1, 0.15) is 0 Å². The number of anilines is 1. The van der Waals surface area contributed by atoms with Gasteiger partial charge < -0.3 is 9.88 Å². The van der Waals surface area contributed by atoms with E-state index in [9.17, 15) is 4.79 Å². The average Bonchev–Trinajstić information content (AvgIpc) is 2.76. The molecular weight excluding hydrogens is 258 g/mol. The van der Waals surface area contributed by atoms with Gasteiger partial charge in [0.05, 0.1) is 11.3 Å². The van der Waals surface area contributed by atoms with Gasteiger partial charge in [0.25, 0.3) is 5.56 Å². The van der Waals surface area contributed by atoms with Gasteiger partial charge in [0.15, 0.2) is 5.13 Å². The second kappa shape index (κ2) is 5.17. The molecule has 102 valence electrons. The molecule has 2 rings (SSSR count). The number of rotatable bonds is 3. The number of hydrogen-bond acceptors (Lipinski definition) is 4. The van der Waals surface area contributed by atoms with E-state index in [0.29, 0.717) is 5.56 Å². The molecule has 0 unspecified atom stereocenters. The number of thiazole rings is 1. The molecule has 5 heteroatoms. The summed E-state index contributed by atoms with van der Waals surface area (Å²) in [5.41, 5.74) is 3.47. The van der Waals surface area contributed by atoms with Crippen LogP contribution in [0.2, 0.25) is 0 Å². The summed E-state index contributed by atoms with van der Waals surface area (Å²) in [7, 11) is 1.83. The Morgan fingerprint density at radius 1 is 1.37 bits per heavy atom. The zero-order valence-corrected chi connectivity index (χ0v) is 12.8. The van der Waals surface area contributed by atoms with Gasteiger partial charge in [-0.05, 0) is 39.3 Å². The Labute approximate surface area is 117 Å². The lowest BCUT2D eigenvalue weighted by atomic mass is 10.1. The SMILES string of the molecule is CNc1nc(-c2c(C)cc(C)n(C(C)C)c2=O)cs1. The van der Waals surface area contributed by atoms with Crippen molar-refractivity contribution in [3.05, 3.63) is 33.1 Å². The summed E-state index contributed by atoms with van der Waals surface area (Å²) < 4.78 is 1.82. The fourth-order valence-corrected chi connectivity index (χ4v) is 3.02. The fourth-order valence-electron chi connectivity index (χ4n) is 2.36. The Morgan fingerprint density at radius 2 is 2.05 bits per heavy atom. The number of nitrogens with zero attached hydrogens (tertiary/aromatic N) is 2. The Hall–Kier alpha value is -1.62. The predicted octanol–water partition coefficient (Wildman–Crippen LogP) is 3.21. The summed E-state index contributed by atoms with van der Waals surface area (Å²) >= 11 is 1.51. The third kappa shape index (κ3) is 2.42. The van der Waals surface area contributed by atoms with E-state index in [1.165, 1.54) is 11.3 Å². The lowest BCUT2D eigenvalue weighted by Crippen LogP contribution is -2.26. The summed E-state index contributed by atoms with van der Waals surface area (Å²) in [6, 6.07) is 2.20. The van der Waals surface area contributed by atoms with Gasteiger partial charge in [0, 0.05) is 24.2 Å². The van der Waals surface area contributed by atoms with E-state index < -0.39 is 0 Å². The Balaban J connectivity index is 2.70. The molecule has 0 amide bonds. The largest absolute Gasteiger partial charge is 0.365 e. The third-order valence-electron chi connectivity index (χ3n) is 3.12. The van der Waals surface area contributed by atoms with Crippen LogP contribution >= 0.6 is 11.3 Å². The van der Waals surface area contributed by atoms with Crippen LogP contribution < -0.4 is 10.9 Å². The summed E-state index contributed by atoms with van der Waals surface area (Å²) in [6.07, 6.45) is 0. The van der Waals surface area contributed by atoms with E-state index in [0.717, 1.165) is 22.1 Å². The van der Waals surface area contributed by atoms with Crippen LogP contribution in [-0.2, 0) is 0 Å². The lowest BCUT2D eigenvalue weighted by molar-refractivity contribution is 0.563. The van der Waals surface area contributed by atoms with Gasteiger partial charge in [-0.3, -0.25) is 4.79 Å². The summed E-state index contributed by atoms with van der Waals surface area (Å²) in [6.45, 7) is 7.98. The van der Waals surface area contributed by atoms with Crippen molar-refractivity contribution in [3.63, 3.8) is 0 Å². The van der Waals surface area contributed by atoms with Gasteiger partial charge in [-0.25, -0.2) is 4.98 Å². The predicted molar refractivity (Wildman–Crippen MR) is 81.2 cm³/mol. The normalized spacial score (nSPS) is 11.1. The van der Waals surface area contributed by atoms with E-state index in [4.69, 9.17) is 0 Å². The van der Waals surface area contributed by atoms with Crippen LogP contribution in [0.4, 0.5) is 5.13 Å². The van der Waals surface area contributed by atoms with Crippen molar-refractivity contribution in [2.45, 2.75) is 33.7 Å². The minimum absolute atomic E-state index is 0.0421. The van der Waals surface area contributed by atoms with E-state index in [2.05, 4.69) is 16.4 Å². The molecule has 0 saturated heterocycles. The third-order valence-corrected chi connectivity index (χ3v) is 3.98. The number of aryl methyl sites for hydroxylation is 2. The summed E-state index contributed by atoms with van der Waals surface area (Å²) in [5.74, 6) is 0. The molecule has 2 aromatic heterocycles. The maximum atomic E-state index is 12.7. The first kappa shape index (κ1) is 13.8. The molecule has 0 aromatic carbocycles. The van der Waals surface area contributed by atoms with Gasteiger partial charge in [0.2, 0.25) is 0 Å². The van der Waals surface area contributed by atoms with Crippen molar-refractivity contribution in [1.29, 1.82) is 0 Å². The van der Waals surface area contributed by atoms with Crippen molar-refractivity contribution in [2.75, 3.05) is 12.4 Å². The molecule has 0 saturated carbocycles. The van der Waals surface area contributed by atoms with Crippen LogP contribution in [0.1, 0.15) is 31.1 Å². The molecule has 0 aliphatic heterocycles. The average molecular weight is 277 g/mol. The van der Waals surface area contributed by atoms with Gasteiger partial charge >= 0.3 is 0 Å². The maximum absolute atomic E-state index is 12.7. The summed E-state index contributed by atoms with van der Waals surface area (Å²) in [5, 5.41) is 5.75. The van der Waals surface area contributed by atoms with Crippen LogP contribution in [0.25, 0.3) is 11.3 Å². The topological polar surface area (TPSA) is 46.9 Å². The molecule has 0 atom stereocenters. The van der Waals surface area contributed by atoms with Gasteiger partial charge in [-0.15, -0.1) is 11.3 Å². The summed E-state index contributed by atoms with van der Waals surface area (Å²) in [4.78, 5) is 17.1. The van der Waals surface area contributed by atoms with Crippen LogP contribution in [-0.4, -0.2) is 16.6 Å². The van der Waals surface area contributed by atoms with Crippen molar-refractivity contribution >= 4 is 16.5 Å². The molecule has 4 nitrogen and oxygen atoms in total. The molecule has 1 N–H and O–H groups in total. The molecule has 19 heavy (non-hydrogen) atoms. The maximum Gasteiger partial charge on any atom is 0.260 e. The molecule has 0 aliphatic carbocycles. The highest BCUT2D eigenvalue weighted by atomic mass is 32.1. The number of pyridine rings is 1. The first-order valence-electron chi connectivity index (χ1n) is 6.32. The van der Waals surface area contributed by atoms with Gasteiger partial charge in [-0.2, -0.15) is 0 Å². The Kier molecular flexibility index (Phi) is 3.75. The zero-order valence-electron chi connectivity index (χ0n) is 11.9. The van der Waals surface area contributed by atoms with E-state index >= 15 is 0 Å². The second-order valence-corrected chi connectivity index (χ2v) is 5.76. The number of nitrogens with one attached hydrogen (secondary N) is 1. The molecule has 0 spiro atoms. The Bertz CT molecular complexity index is 655. The standard InChI is InChI=1S/C14H19N3OS/c1-8(2)17-10(4)6-9(3)12(13(17)18)11-7-19-14(15-5)16-11/h6-8H,1-5H3,(H,15,16). The highest BCUT2D eigenvalue weighted by Gasteiger charge is 2.16. The lowest BCUT2D eigenvalue weighted by Gasteiger charge is -2.16. The number of aromatic nitrogens is 2. The van der Waals surface area contributed by atoms with Crippen LogP contribution in [0.15, 0.2) is 16.2 Å². The smallest absolute Gasteiger partial charge is 0.260 e. The van der Waals surface area contributed by atoms with Gasteiger partial charge in [-0.1, -0.05) is 0 Å². The monoisotopic (exact) mass is 277 g/mol. The highest BCUT2D eigenvalue weighted by Crippen LogP contribution is 2.25. The van der Waals surface area contributed by atoms with Crippen molar-refractivity contribution in [2.24, 2.45) is 0 Å². The molecular formula is C14H19N3OS. The number of hydrogen-bond donors (Lipinski definition) is 1.